The Kier molecular flexibility index (Phi) is 5.04. The molecular weight excluding hydrogens is 323 g/mol. The first-order chi connectivity index (χ1) is 8.97. The number of rotatable bonds is 3. The highest BCUT2D eigenvalue weighted by Gasteiger charge is 2.08. The van der Waals surface area contributed by atoms with Crippen molar-refractivity contribution in [3.63, 3.8) is 0 Å². The van der Waals surface area contributed by atoms with E-state index < -0.39 is 6.10 Å². The SMILES string of the molecule is C[C@@H](O)c1ccc(Sc2ccc(Cl)c(Cl)c2)c(Cl)c1. The molecule has 1 nitrogen and oxygen atoms in total. The second-order valence-corrected chi connectivity index (χ2v) is 6.38. The van der Waals surface area contributed by atoms with Crippen molar-refractivity contribution in [3.05, 3.63) is 57.0 Å². The van der Waals surface area contributed by atoms with Crippen LogP contribution in [0.4, 0.5) is 0 Å². The number of aliphatic hydroxyl groups excluding tert-OH is 1. The van der Waals surface area contributed by atoms with E-state index in [0.717, 1.165) is 15.4 Å². The van der Waals surface area contributed by atoms with Gasteiger partial charge in [-0.05, 0) is 42.8 Å². The first kappa shape index (κ1) is 15.0. The molecule has 100 valence electrons. The average molecular weight is 334 g/mol. The summed E-state index contributed by atoms with van der Waals surface area (Å²) in [7, 11) is 0. The molecular formula is C14H11Cl3OS. The van der Waals surface area contributed by atoms with E-state index in [-0.39, 0.29) is 0 Å². The van der Waals surface area contributed by atoms with Crippen LogP contribution in [0.15, 0.2) is 46.2 Å². The Labute approximate surface area is 131 Å². The van der Waals surface area contributed by atoms with Gasteiger partial charge in [0.15, 0.2) is 0 Å². The van der Waals surface area contributed by atoms with Crippen LogP contribution in [0.25, 0.3) is 0 Å². The van der Waals surface area contributed by atoms with Gasteiger partial charge in [-0.3, -0.25) is 0 Å². The molecule has 2 aromatic carbocycles. The second-order valence-electron chi connectivity index (χ2n) is 4.04. The quantitative estimate of drug-likeness (QED) is 0.760. The number of benzene rings is 2. The van der Waals surface area contributed by atoms with Crippen molar-refractivity contribution in [2.75, 3.05) is 0 Å². The third kappa shape index (κ3) is 3.80. The van der Waals surface area contributed by atoms with Gasteiger partial charge in [-0.2, -0.15) is 0 Å². The minimum atomic E-state index is -0.526. The van der Waals surface area contributed by atoms with E-state index in [0.29, 0.717) is 15.1 Å². The van der Waals surface area contributed by atoms with Crippen LogP contribution in [0.2, 0.25) is 15.1 Å². The summed E-state index contributed by atoms with van der Waals surface area (Å²) < 4.78 is 0. The molecule has 19 heavy (non-hydrogen) atoms. The zero-order chi connectivity index (χ0) is 14.0. The number of hydrogen-bond donors (Lipinski definition) is 1. The van der Waals surface area contributed by atoms with Crippen LogP contribution in [-0.4, -0.2) is 5.11 Å². The first-order valence-corrected chi connectivity index (χ1v) is 7.53. The fraction of sp³-hybridized carbons (Fsp3) is 0.143. The van der Waals surface area contributed by atoms with Crippen molar-refractivity contribution >= 4 is 46.6 Å². The molecule has 2 aromatic rings. The van der Waals surface area contributed by atoms with Gasteiger partial charge in [-0.15, -0.1) is 0 Å². The normalized spacial score (nSPS) is 12.5. The fourth-order valence-corrected chi connectivity index (χ4v) is 3.05. The maximum Gasteiger partial charge on any atom is 0.0762 e. The molecule has 0 fully saturated rings. The van der Waals surface area contributed by atoms with E-state index in [1.807, 2.05) is 18.2 Å². The van der Waals surface area contributed by atoms with Crippen LogP contribution in [-0.2, 0) is 0 Å². The van der Waals surface area contributed by atoms with E-state index in [1.165, 1.54) is 11.8 Å². The molecule has 0 radical (unpaired) electrons. The van der Waals surface area contributed by atoms with Gasteiger partial charge in [0.05, 0.1) is 21.2 Å². The highest BCUT2D eigenvalue weighted by atomic mass is 35.5. The Morgan fingerprint density at radius 3 is 2.26 bits per heavy atom. The van der Waals surface area contributed by atoms with Gasteiger partial charge in [0.2, 0.25) is 0 Å². The van der Waals surface area contributed by atoms with Crippen molar-refractivity contribution in [1.29, 1.82) is 0 Å². The summed E-state index contributed by atoms with van der Waals surface area (Å²) in [6.07, 6.45) is -0.526. The van der Waals surface area contributed by atoms with Crippen molar-refractivity contribution in [2.24, 2.45) is 0 Å². The Hall–Kier alpha value is -0.380. The van der Waals surface area contributed by atoms with Gasteiger partial charge in [0.25, 0.3) is 0 Å². The number of halogens is 3. The van der Waals surface area contributed by atoms with Crippen LogP contribution >= 0.6 is 46.6 Å². The zero-order valence-corrected chi connectivity index (χ0v) is 13.1. The van der Waals surface area contributed by atoms with Gasteiger partial charge >= 0.3 is 0 Å². The predicted octanol–water partition coefficient (Wildman–Crippen LogP) is 5.85. The van der Waals surface area contributed by atoms with Gasteiger partial charge in [-0.1, -0.05) is 52.6 Å². The zero-order valence-electron chi connectivity index (χ0n) is 10.0. The molecule has 1 N–H and O–H groups in total. The third-order valence-electron chi connectivity index (χ3n) is 2.56. The maximum atomic E-state index is 9.50. The molecule has 0 bridgehead atoms. The van der Waals surface area contributed by atoms with E-state index >= 15 is 0 Å². The minimum Gasteiger partial charge on any atom is -0.389 e. The van der Waals surface area contributed by atoms with Crippen LogP contribution in [0.5, 0.6) is 0 Å². The van der Waals surface area contributed by atoms with E-state index in [2.05, 4.69) is 0 Å². The monoisotopic (exact) mass is 332 g/mol. The van der Waals surface area contributed by atoms with Crippen LogP contribution in [0.1, 0.15) is 18.6 Å². The lowest BCUT2D eigenvalue weighted by Gasteiger charge is -2.09. The van der Waals surface area contributed by atoms with E-state index in [4.69, 9.17) is 34.8 Å². The summed E-state index contributed by atoms with van der Waals surface area (Å²) >= 11 is 19.6. The van der Waals surface area contributed by atoms with E-state index in [1.54, 1.807) is 25.1 Å². The lowest BCUT2D eigenvalue weighted by atomic mass is 10.1. The average Bonchev–Trinajstić information content (AvgIpc) is 2.36. The molecule has 0 saturated heterocycles. The molecule has 0 aliphatic carbocycles. The highest BCUT2D eigenvalue weighted by Crippen LogP contribution is 2.37. The summed E-state index contributed by atoms with van der Waals surface area (Å²) in [5.74, 6) is 0. The molecule has 2 rings (SSSR count). The van der Waals surface area contributed by atoms with Crippen LogP contribution in [0.3, 0.4) is 0 Å². The summed E-state index contributed by atoms with van der Waals surface area (Å²) in [6.45, 7) is 1.71. The Balaban J connectivity index is 2.25. The smallest absolute Gasteiger partial charge is 0.0762 e. The molecule has 1 atom stereocenters. The summed E-state index contributed by atoms with van der Waals surface area (Å²) in [5.41, 5.74) is 0.795. The molecule has 0 aliphatic heterocycles. The molecule has 5 heteroatoms. The molecule has 0 aliphatic rings. The van der Waals surface area contributed by atoms with Crippen molar-refractivity contribution in [1.82, 2.24) is 0 Å². The number of aliphatic hydroxyl groups is 1. The molecule has 0 aromatic heterocycles. The molecule has 0 spiro atoms. The first-order valence-electron chi connectivity index (χ1n) is 5.58. The van der Waals surface area contributed by atoms with Gasteiger partial charge in [0, 0.05) is 9.79 Å². The molecule has 0 heterocycles. The molecule has 0 saturated carbocycles. The Morgan fingerprint density at radius 2 is 1.68 bits per heavy atom. The highest BCUT2D eigenvalue weighted by molar-refractivity contribution is 7.99. The van der Waals surface area contributed by atoms with Crippen molar-refractivity contribution in [3.8, 4) is 0 Å². The lowest BCUT2D eigenvalue weighted by Crippen LogP contribution is -1.90. The van der Waals surface area contributed by atoms with E-state index in [9.17, 15) is 5.11 Å². The predicted molar refractivity (Wildman–Crippen MR) is 82.7 cm³/mol. The largest absolute Gasteiger partial charge is 0.389 e. The molecule has 0 unspecified atom stereocenters. The third-order valence-corrected chi connectivity index (χ3v) is 4.79. The second kappa shape index (κ2) is 6.38. The van der Waals surface area contributed by atoms with Gasteiger partial charge in [0.1, 0.15) is 0 Å². The van der Waals surface area contributed by atoms with Crippen LogP contribution in [0, 0.1) is 0 Å². The lowest BCUT2D eigenvalue weighted by molar-refractivity contribution is 0.199. The fourth-order valence-electron chi connectivity index (χ4n) is 1.53. The summed E-state index contributed by atoms with van der Waals surface area (Å²) in [5, 5.41) is 11.2. The summed E-state index contributed by atoms with van der Waals surface area (Å²) in [6, 6.07) is 11.0. The summed E-state index contributed by atoms with van der Waals surface area (Å²) in [4.78, 5) is 1.87. The Morgan fingerprint density at radius 1 is 0.947 bits per heavy atom. The van der Waals surface area contributed by atoms with Gasteiger partial charge in [-0.25, -0.2) is 0 Å². The maximum absolute atomic E-state index is 9.50. The van der Waals surface area contributed by atoms with Gasteiger partial charge < -0.3 is 5.11 Å². The molecule has 0 amide bonds. The van der Waals surface area contributed by atoms with Crippen LogP contribution < -0.4 is 0 Å². The minimum absolute atomic E-state index is 0.517. The van der Waals surface area contributed by atoms with Crippen molar-refractivity contribution < 1.29 is 5.11 Å². The Bertz CT molecular complexity index is 599. The standard InChI is InChI=1S/C14H11Cl3OS/c1-8(18)9-2-5-14(13(17)6-9)19-10-3-4-11(15)12(16)7-10/h2-8,18H,1H3/t8-/m1/s1. The van der Waals surface area contributed by atoms with Crippen molar-refractivity contribution in [2.45, 2.75) is 22.8 Å². The topological polar surface area (TPSA) is 20.2 Å². The number of hydrogen-bond acceptors (Lipinski definition) is 2.